The van der Waals surface area contributed by atoms with Crippen LogP contribution in [-0.4, -0.2) is 9.78 Å². The first-order valence-corrected chi connectivity index (χ1v) is 6.76. The SMILES string of the molecule is CCc1c(Br)c(-c2ccc(Cl)c(Cl)c2)nn1C. The molecule has 0 amide bonds. The highest BCUT2D eigenvalue weighted by atomic mass is 79.9. The lowest BCUT2D eigenvalue weighted by Crippen LogP contribution is -1.96. The Morgan fingerprint density at radius 1 is 1.29 bits per heavy atom. The van der Waals surface area contributed by atoms with Gasteiger partial charge in [0.15, 0.2) is 0 Å². The summed E-state index contributed by atoms with van der Waals surface area (Å²) in [6.45, 7) is 2.10. The second kappa shape index (κ2) is 5.01. The summed E-state index contributed by atoms with van der Waals surface area (Å²) in [5.41, 5.74) is 3.01. The van der Waals surface area contributed by atoms with Gasteiger partial charge in [-0.05, 0) is 34.5 Å². The van der Waals surface area contributed by atoms with Crippen molar-refractivity contribution in [3.8, 4) is 11.3 Å². The summed E-state index contributed by atoms with van der Waals surface area (Å²) in [5, 5.41) is 5.59. The van der Waals surface area contributed by atoms with Gasteiger partial charge in [-0.3, -0.25) is 4.68 Å². The van der Waals surface area contributed by atoms with E-state index in [2.05, 4.69) is 28.0 Å². The molecule has 1 aromatic carbocycles. The molecule has 0 unspecified atom stereocenters. The fourth-order valence-electron chi connectivity index (χ4n) is 1.74. The Balaban J connectivity index is 2.57. The lowest BCUT2D eigenvalue weighted by Gasteiger charge is -2.00. The van der Waals surface area contributed by atoms with E-state index < -0.39 is 0 Å². The maximum absolute atomic E-state index is 6.01. The predicted molar refractivity (Wildman–Crippen MR) is 75.7 cm³/mol. The Morgan fingerprint density at radius 2 is 2.00 bits per heavy atom. The molecule has 2 nitrogen and oxygen atoms in total. The molecule has 0 saturated carbocycles. The van der Waals surface area contributed by atoms with E-state index in [1.54, 1.807) is 6.07 Å². The number of aryl methyl sites for hydroxylation is 1. The molecule has 1 heterocycles. The Hall–Kier alpha value is -0.510. The Labute approximate surface area is 119 Å². The van der Waals surface area contributed by atoms with Gasteiger partial charge in [-0.2, -0.15) is 5.10 Å². The predicted octanol–water partition coefficient (Wildman–Crippen LogP) is 4.72. The van der Waals surface area contributed by atoms with E-state index in [-0.39, 0.29) is 0 Å². The van der Waals surface area contributed by atoms with Crippen molar-refractivity contribution in [2.45, 2.75) is 13.3 Å². The molecule has 0 bridgehead atoms. The summed E-state index contributed by atoms with van der Waals surface area (Å²) in [6.07, 6.45) is 0.922. The number of benzene rings is 1. The van der Waals surface area contributed by atoms with Crippen LogP contribution in [0.5, 0.6) is 0 Å². The number of hydrogen-bond donors (Lipinski definition) is 0. The smallest absolute Gasteiger partial charge is 0.107 e. The highest BCUT2D eigenvalue weighted by Crippen LogP contribution is 2.33. The molecule has 0 aliphatic rings. The Morgan fingerprint density at radius 3 is 2.53 bits per heavy atom. The quantitative estimate of drug-likeness (QED) is 0.777. The average molecular weight is 334 g/mol. The Bertz CT molecular complexity index is 564. The maximum Gasteiger partial charge on any atom is 0.107 e. The summed E-state index contributed by atoms with van der Waals surface area (Å²) in [7, 11) is 1.94. The molecule has 2 aromatic rings. The van der Waals surface area contributed by atoms with Crippen LogP contribution in [0.4, 0.5) is 0 Å². The van der Waals surface area contributed by atoms with E-state index in [1.807, 2.05) is 23.9 Å². The molecule has 17 heavy (non-hydrogen) atoms. The van der Waals surface area contributed by atoms with Crippen molar-refractivity contribution < 1.29 is 0 Å². The van der Waals surface area contributed by atoms with Crippen molar-refractivity contribution in [1.82, 2.24) is 9.78 Å². The Kier molecular flexibility index (Phi) is 3.81. The molecule has 5 heteroatoms. The first-order valence-electron chi connectivity index (χ1n) is 5.21. The van der Waals surface area contributed by atoms with E-state index in [1.165, 1.54) is 0 Å². The number of aromatic nitrogens is 2. The standard InChI is InChI=1S/C12H11BrCl2N2/c1-3-10-11(13)12(16-17(10)2)7-4-5-8(14)9(15)6-7/h4-6H,3H2,1-2H3. The zero-order chi connectivity index (χ0) is 12.6. The molecular weight excluding hydrogens is 323 g/mol. The normalized spacial score (nSPS) is 10.9. The van der Waals surface area contributed by atoms with Crippen molar-refractivity contribution in [3.05, 3.63) is 38.4 Å². The molecule has 0 spiro atoms. The van der Waals surface area contributed by atoms with E-state index >= 15 is 0 Å². The molecule has 0 aliphatic heterocycles. The first-order chi connectivity index (χ1) is 8.04. The minimum absolute atomic E-state index is 0.541. The van der Waals surface area contributed by atoms with Gasteiger partial charge < -0.3 is 0 Å². The molecule has 0 aliphatic carbocycles. The van der Waals surface area contributed by atoms with Gasteiger partial charge in [0, 0.05) is 12.6 Å². The molecule has 2 rings (SSSR count). The first kappa shape index (κ1) is 12.9. The van der Waals surface area contributed by atoms with Gasteiger partial charge in [-0.1, -0.05) is 36.2 Å². The summed E-state index contributed by atoms with van der Waals surface area (Å²) in [5.74, 6) is 0. The van der Waals surface area contributed by atoms with Gasteiger partial charge in [0.05, 0.1) is 20.2 Å². The molecule has 0 radical (unpaired) electrons. The van der Waals surface area contributed by atoms with Crippen LogP contribution in [-0.2, 0) is 13.5 Å². The summed E-state index contributed by atoms with van der Waals surface area (Å²) in [6, 6.07) is 5.53. The average Bonchev–Trinajstić information content (AvgIpc) is 2.58. The number of rotatable bonds is 2. The van der Waals surface area contributed by atoms with Crippen LogP contribution in [0.15, 0.2) is 22.7 Å². The molecule has 0 atom stereocenters. The van der Waals surface area contributed by atoms with Crippen molar-refractivity contribution in [2.24, 2.45) is 7.05 Å². The second-order valence-electron chi connectivity index (χ2n) is 3.72. The summed E-state index contributed by atoms with van der Waals surface area (Å²) >= 11 is 15.5. The molecule has 1 aromatic heterocycles. The van der Waals surface area contributed by atoms with Crippen molar-refractivity contribution in [3.63, 3.8) is 0 Å². The molecule has 0 fully saturated rings. The highest BCUT2D eigenvalue weighted by molar-refractivity contribution is 9.10. The number of hydrogen-bond acceptors (Lipinski definition) is 1. The zero-order valence-corrected chi connectivity index (χ0v) is 12.6. The minimum atomic E-state index is 0.541. The number of halogens is 3. The van der Waals surface area contributed by atoms with Crippen LogP contribution in [0.25, 0.3) is 11.3 Å². The third-order valence-electron chi connectivity index (χ3n) is 2.63. The van der Waals surface area contributed by atoms with E-state index in [0.717, 1.165) is 27.8 Å². The van der Waals surface area contributed by atoms with E-state index in [4.69, 9.17) is 23.2 Å². The highest BCUT2D eigenvalue weighted by Gasteiger charge is 2.14. The zero-order valence-electron chi connectivity index (χ0n) is 9.47. The van der Waals surface area contributed by atoms with Gasteiger partial charge >= 0.3 is 0 Å². The van der Waals surface area contributed by atoms with Crippen LogP contribution in [0, 0.1) is 0 Å². The van der Waals surface area contributed by atoms with Gasteiger partial charge in [0.2, 0.25) is 0 Å². The molecule has 90 valence electrons. The van der Waals surface area contributed by atoms with Crippen LogP contribution < -0.4 is 0 Å². The maximum atomic E-state index is 6.01. The fourth-order valence-corrected chi connectivity index (χ4v) is 2.89. The fraction of sp³-hybridized carbons (Fsp3) is 0.250. The van der Waals surface area contributed by atoms with Gasteiger partial charge in [0.25, 0.3) is 0 Å². The summed E-state index contributed by atoms with van der Waals surface area (Å²) < 4.78 is 2.89. The van der Waals surface area contributed by atoms with Gasteiger partial charge in [-0.15, -0.1) is 0 Å². The van der Waals surface area contributed by atoms with Crippen molar-refractivity contribution >= 4 is 39.1 Å². The molecular formula is C12H11BrCl2N2. The third kappa shape index (κ3) is 2.37. The van der Waals surface area contributed by atoms with E-state index in [9.17, 15) is 0 Å². The van der Waals surface area contributed by atoms with Crippen LogP contribution >= 0.6 is 39.1 Å². The lowest BCUT2D eigenvalue weighted by atomic mass is 10.1. The van der Waals surface area contributed by atoms with Gasteiger partial charge in [0.1, 0.15) is 5.69 Å². The van der Waals surface area contributed by atoms with Crippen LogP contribution in [0.3, 0.4) is 0 Å². The largest absolute Gasteiger partial charge is 0.271 e. The monoisotopic (exact) mass is 332 g/mol. The van der Waals surface area contributed by atoms with Crippen LogP contribution in [0.1, 0.15) is 12.6 Å². The topological polar surface area (TPSA) is 17.8 Å². The minimum Gasteiger partial charge on any atom is -0.271 e. The third-order valence-corrected chi connectivity index (χ3v) is 4.20. The summed E-state index contributed by atoms with van der Waals surface area (Å²) in [4.78, 5) is 0. The lowest BCUT2D eigenvalue weighted by molar-refractivity contribution is 0.719. The second-order valence-corrected chi connectivity index (χ2v) is 5.32. The van der Waals surface area contributed by atoms with Crippen LogP contribution in [0.2, 0.25) is 10.0 Å². The van der Waals surface area contributed by atoms with Crippen molar-refractivity contribution in [1.29, 1.82) is 0 Å². The number of nitrogens with zero attached hydrogens (tertiary/aromatic N) is 2. The molecule has 0 N–H and O–H groups in total. The van der Waals surface area contributed by atoms with Crippen molar-refractivity contribution in [2.75, 3.05) is 0 Å². The molecule has 0 saturated heterocycles. The van der Waals surface area contributed by atoms with E-state index in [0.29, 0.717) is 10.0 Å². The van der Waals surface area contributed by atoms with Gasteiger partial charge in [-0.25, -0.2) is 0 Å².